The van der Waals surface area contributed by atoms with E-state index in [1.54, 1.807) is 12.3 Å². The highest BCUT2D eigenvalue weighted by Crippen LogP contribution is 2.27. The second-order valence-corrected chi connectivity index (χ2v) is 4.48. The van der Waals surface area contributed by atoms with Crippen molar-refractivity contribution in [2.45, 2.75) is 13.0 Å². The van der Waals surface area contributed by atoms with Gasteiger partial charge in [0, 0.05) is 16.2 Å². The molecule has 0 saturated carbocycles. The highest BCUT2D eigenvalue weighted by atomic mass is 35.5. The van der Waals surface area contributed by atoms with E-state index in [1.165, 1.54) is 0 Å². The molecule has 0 fully saturated rings. The molecule has 0 radical (unpaired) electrons. The van der Waals surface area contributed by atoms with Crippen LogP contribution in [0.15, 0.2) is 36.5 Å². The number of anilines is 1. The van der Waals surface area contributed by atoms with Gasteiger partial charge in [0.2, 0.25) is 0 Å². The number of rotatable bonds is 3. The molecule has 1 atom stereocenters. The molecule has 0 amide bonds. The molecule has 0 aliphatic rings. The van der Waals surface area contributed by atoms with E-state index in [2.05, 4.69) is 15.5 Å². The summed E-state index contributed by atoms with van der Waals surface area (Å²) >= 11 is 12.0. The summed E-state index contributed by atoms with van der Waals surface area (Å²) in [5, 5.41) is 12.3. The molecule has 0 bridgehead atoms. The fourth-order valence-electron chi connectivity index (χ4n) is 1.53. The molecule has 1 aromatic carbocycles. The van der Waals surface area contributed by atoms with Crippen LogP contribution < -0.4 is 5.32 Å². The Morgan fingerprint density at radius 1 is 1.24 bits per heavy atom. The highest BCUT2D eigenvalue weighted by Gasteiger charge is 2.10. The van der Waals surface area contributed by atoms with Gasteiger partial charge in [-0.15, -0.1) is 5.10 Å². The Hall–Kier alpha value is -1.32. The fourth-order valence-corrected chi connectivity index (χ4v) is 2.10. The minimum absolute atomic E-state index is 0.0384. The number of hydrogen-bond donors (Lipinski definition) is 1. The SMILES string of the molecule is CC(Nc1cccnn1)c1ccc(Cl)cc1Cl. The van der Waals surface area contributed by atoms with Gasteiger partial charge in [-0.25, -0.2) is 0 Å². The Balaban J connectivity index is 2.17. The van der Waals surface area contributed by atoms with Crippen molar-refractivity contribution in [3.8, 4) is 0 Å². The Kier molecular flexibility index (Phi) is 3.82. The van der Waals surface area contributed by atoms with E-state index in [0.29, 0.717) is 15.9 Å². The lowest BCUT2D eigenvalue weighted by Gasteiger charge is -2.15. The molecule has 0 aliphatic carbocycles. The third-order valence-electron chi connectivity index (χ3n) is 2.37. The van der Waals surface area contributed by atoms with Crippen molar-refractivity contribution < 1.29 is 0 Å². The molecule has 2 aromatic rings. The van der Waals surface area contributed by atoms with Crippen LogP contribution in [-0.2, 0) is 0 Å². The van der Waals surface area contributed by atoms with Crippen molar-refractivity contribution in [3.05, 3.63) is 52.1 Å². The maximum absolute atomic E-state index is 6.13. The van der Waals surface area contributed by atoms with Crippen molar-refractivity contribution in [3.63, 3.8) is 0 Å². The molecule has 1 heterocycles. The van der Waals surface area contributed by atoms with Crippen LogP contribution in [0.4, 0.5) is 5.82 Å². The first-order valence-electron chi connectivity index (χ1n) is 5.16. The molecule has 1 N–H and O–H groups in total. The lowest BCUT2D eigenvalue weighted by atomic mass is 10.1. The van der Waals surface area contributed by atoms with Crippen molar-refractivity contribution >= 4 is 29.0 Å². The van der Waals surface area contributed by atoms with E-state index in [0.717, 1.165) is 5.56 Å². The minimum Gasteiger partial charge on any atom is -0.362 e. The summed E-state index contributed by atoms with van der Waals surface area (Å²) in [5.41, 5.74) is 0.974. The highest BCUT2D eigenvalue weighted by molar-refractivity contribution is 6.35. The monoisotopic (exact) mass is 267 g/mol. The average molecular weight is 268 g/mol. The minimum atomic E-state index is 0.0384. The van der Waals surface area contributed by atoms with Crippen molar-refractivity contribution in [1.82, 2.24) is 10.2 Å². The molecule has 88 valence electrons. The Morgan fingerprint density at radius 3 is 2.71 bits per heavy atom. The van der Waals surface area contributed by atoms with E-state index in [-0.39, 0.29) is 6.04 Å². The lowest BCUT2D eigenvalue weighted by molar-refractivity contribution is 0.861. The number of hydrogen-bond acceptors (Lipinski definition) is 3. The van der Waals surface area contributed by atoms with Crippen LogP contribution >= 0.6 is 23.2 Å². The second kappa shape index (κ2) is 5.34. The van der Waals surface area contributed by atoms with Gasteiger partial charge >= 0.3 is 0 Å². The van der Waals surface area contributed by atoms with Crippen molar-refractivity contribution in [1.29, 1.82) is 0 Å². The molecule has 17 heavy (non-hydrogen) atoms. The lowest BCUT2D eigenvalue weighted by Crippen LogP contribution is -2.08. The first-order chi connectivity index (χ1) is 8.16. The van der Waals surface area contributed by atoms with Crippen LogP contribution in [0, 0.1) is 0 Å². The standard InChI is InChI=1S/C12H11Cl2N3/c1-8(16-12-3-2-6-15-17-12)10-5-4-9(13)7-11(10)14/h2-8H,1H3,(H,16,17). The van der Waals surface area contributed by atoms with Crippen LogP contribution in [0.25, 0.3) is 0 Å². The smallest absolute Gasteiger partial charge is 0.149 e. The van der Waals surface area contributed by atoms with Gasteiger partial charge in [0.15, 0.2) is 0 Å². The van der Waals surface area contributed by atoms with Crippen LogP contribution in [0.1, 0.15) is 18.5 Å². The molecule has 0 saturated heterocycles. The van der Waals surface area contributed by atoms with E-state index in [1.807, 2.05) is 31.2 Å². The zero-order valence-electron chi connectivity index (χ0n) is 9.19. The van der Waals surface area contributed by atoms with E-state index in [9.17, 15) is 0 Å². The second-order valence-electron chi connectivity index (χ2n) is 3.64. The molecule has 0 spiro atoms. The Morgan fingerprint density at radius 2 is 2.06 bits per heavy atom. The number of halogens is 2. The summed E-state index contributed by atoms with van der Waals surface area (Å²) in [6.45, 7) is 2.00. The fraction of sp³-hybridized carbons (Fsp3) is 0.167. The average Bonchev–Trinajstić information content (AvgIpc) is 2.30. The zero-order chi connectivity index (χ0) is 12.3. The van der Waals surface area contributed by atoms with Gasteiger partial charge in [0.25, 0.3) is 0 Å². The predicted molar refractivity (Wildman–Crippen MR) is 70.5 cm³/mol. The Bertz CT molecular complexity index is 502. The van der Waals surface area contributed by atoms with Gasteiger partial charge in [-0.3, -0.25) is 0 Å². The number of benzene rings is 1. The molecule has 5 heteroatoms. The topological polar surface area (TPSA) is 37.8 Å². The maximum Gasteiger partial charge on any atom is 0.149 e. The van der Waals surface area contributed by atoms with Crippen molar-refractivity contribution in [2.75, 3.05) is 5.32 Å². The largest absolute Gasteiger partial charge is 0.362 e. The van der Waals surface area contributed by atoms with Crippen LogP contribution in [0.3, 0.4) is 0 Å². The molecule has 0 aliphatic heterocycles. The summed E-state index contributed by atoms with van der Waals surface area (Å²) in [7, 11) is 0. The molecule has 1 unspecified atom stereocenters. The van der Waals surface area contributed by atoms with Crippen LogP contribution in [0.2, 0.25) is 10.0 Å². The van der Waals surface area contributed by atoms with Crippen LogP contribution in [0.5, 0.6) is 0 Å². The molecule has 3 nitrogen and oxygen atoms in total. The number of nitrogens with one attached hydrogen (secondary N) is 1. The zero-order valence-corrected chi connectivity index (χ0v) is 10.7. The van der Waals surface area contributed by atoms with Gasteiger partial charge in [-0.1, -0.05) is 29.3 Å². The summed E-state index contributed by atoms with van der Waals surface area (Å²) in [4.78, 5) is 0. The first kappa shape index (κ1) is 12.1. The van der Waals surface area contributed by atoms with E-state index >= 15 is 0 Å². The van der Waals surface area contributed by atoms with Gasteiger partial charge in [-0.2, -0.15) is 5.10 Å². The van der Waals surface area contributed by atoms with Crippen LogP contribution in [-0.4, -0.2) is 10.2 Å². The predicted octanol–water partition coefficient (Wildman–Crippen LogP) is 3.96. The summed E-state index contributed by atoms with van der Waals surface area (Å²) in [6.07, 6.45) is 1.63. The van der Waals surface area contributed by atoms with Gasteiger partial charge in [0.1, 0.15) is 5.82 Å². The molecular formula is C12H11Cl2N3. The maximum atomic E-state index is 6.13. The summed E-state index contributed by atoms with van der Waals surface area (Å²) in [6, 6.07) is 9.17. The van der Waals surface area contributed by atoms with Gasteiger partial charge in [-0.05, 0) is 36.8 Å². The van der Waals surface area contributed by atoms with E-state index < -0.39 is 0 Å². The quantitative estimate of drug-likeness (QED) is 0.915. The summed E-state index contributed by atoms with van der Waals surface area (Å²) in [5.74, 6) is 0.714. The number of nitrogens with zero attached hydrogens (tertiary/aromatic N) is 2. The molecular weight excluding hydrogens is 257 g/mol. The van der Waals surface area contributed by atoms with Gasteiger partial charge in [0.05, 0.1) is 6.04 Å². The third kappa shape index (κ3) is 3.08. The number of aromatic nitrogens is 2. The van der Waals surface area contributed by atoms with Gasteiger partial charge < -0.3 is 5.32 Å². The normalized spacial score (nSPS) is 12.2. The van der Waals surface area contributed by atoms with Crippen molar-refractivity contribution in [2.24, 2.45) is 0 Å². The van der Waals surface area contributed by atoms with E-state index in [4.69, 9.17) is 23.2 Å². The third-order valence-corrected chi connectivity index (χ3v) is 2.93. The molecule has 1 aromatic heterocycles. The first-order valence-corrected chi connectivity index (χ1v) is 5.91. The summed E-state index contributed by atoms with van der Waals surface area (Å²) < 4.78 is 0. The Labute approximate surface area is 110 Å². The molecule has 2 rings (SSSR count).